The van der Waals surface area contributed by atoms with Crippen LogP contribution in [0.2, 0.25) is 0 Å². The standard InChI is InChI=1S/C17H18O3S/c1-2-21-14-6-3-12(4-7-14)17(18)13-5-8-15-16(11-13)20-10-9-19-15/h3-8,11,17-18H,2,9-10H2,1H3. The van der Waals surface area contributed by atoms with Gasteiger partial charge in [0.1, 0.15) is 19.3 Å². The van der Waals surface area contributed by atoms with Crippen molar-refractivity contribution < 1.29 is 14.6 Å². The lowest BCUT2D eigenvalue weighted by atomic mass is 10.0. The van der Waals surface area contributed by atoms with Crippen molar-refractivity contribution in [2.45, 2.75) is 17.9 Å². The lowest BCUT2D eigenvalue weighted by molar-refractivity contribution is 0.169. The highest BCUT2D eigenvalue weighted by atomic mass is 32.2. The molecule has 2 aromatic carbocycles. The van der Waals surface area contributed by atoms with E-state index in [9.17, 15) is 5.11 Å². The second-order valence-corrected chi connectivity index (χ2v) is 6.15. The number of benzene rings is 2. The maximum Gasteiger partial charge on any atom is 0.161 e. The van der Waals surface area contributed by atoms with Crippen molar-refractivity contribution in [1.82, 2.24) is 0 Å². The summed E-state index contributed by atoms with van der Waals surface area (Å²) in [5, 5.41) is 10.5. The van der Waals surface area contributed by atoms with Crippen molar-refractivity contribution in [3.8, 4) is 11.5 Å². The summed E-state index contributed by atoms with van der Waals surface area (Å²) >= 11 is 1.79. The smallest absolute Gasteiger partial charge is 0.161 e. The first kappa shape index (κ1) is 14.3. The maximum atomic E-state index is 10.5. The fourth-order valence-electron chi connectivity index (χ4n) is 2.34. The van der Waals surface area contributed by atoms with Gasteiger partial charge in [-0.05, 0) is 41.1 Å². The molecule has 1 unspecified atom stereocenters. The van der Waals surface area contributed by atoms with E-state index in [0.29, 0.717) is 19.0 Å². The van der Waals surface area contributed by atoms with E-state index in [0.717, 1.165) is 22.6 Å². The van der Waals surface area contributed by atoms with Crippen LogP contribution in [0.15, 0.2) is 47.4 Å². The summed E-state index contributed by atoms with van der Waals surface area (Å²) in [6.45, 7) is 3.25. The Morgan fingerprint density at radius 1 is 1.00 bits per heavy atom. The van der Waals surface area contributed by atoms with Crippen molar-refractivity contribution in [3.05, 3.63) is 53.6 Å². The zero-order valence-corrected chi connectivity index (χ0v) is 12.7. The molecule has 1 atom stereocenters. The van der Waals surface area contributed by atoms with Crippen LogP contribution in [0.3, 0.4) is 0 Å². The molecular weight excluding hydrogens is 284 g/mol. The quantitative estimate of drug-likeness (QED) is 0.875. The Morgan fingerprint density at radius 2 is 1.67 bits per heavy atom. The van der Waals surface area contributed by atoms with Gasteiger partial charge in [-0.25, -0.2) is 0 Å². The van der Waals surface area contributed by atoms with Gasteiger partial charge in [-0.15, -0.1) is 11.8 Å². The third kappa shape index (κ3) is 3.17. The molecule has 1 aliphatic heterocycles. The first-order chi connectivity index (χ1) is 10.3. The highest BCUT2D eigenvalue weighted by Gasteiger charge is 2.16. The largest absolute Gasteiger partial charge is 0.486 e. The number of fused-ring (bicyclic) bond motifs is 1. The highest BCUT2D eigenvalue weighted by molar-refractivity contribution is 7.99. The molecule has 0 fully saturated rings. The third-order valence-corrected chi connectivity index (χ3v) is 4.28. The van der Waals surface area contributed by atoms with E-state index >= 15 is 0 Å². The van der Waals surface area contributed by atoms with E-state index in [1.54, 1.807) is 11.8 Å². The summed E-state index contributed by atoms with van der Waals surface area (Å²) in [5.74, 6) is 2.49. The Bertz CT molecular complexity index is 610. The zero-order chi connectivity index (χ0) is 14.7. The predicted molar refractivity (Wildman–Crippen MR) is 84.3 cm³/mol. The van der Waals surface area contributed by atoms with Crippen LogP contribution in [0.4, 0.5) is 0 Å². The second-order valence-electron chi connectivity index (χ2n) is 4.81. The van der Waals surface area contributed by atoms with E-state index in [4.69, 9.17) is 9.47 Å². The molecule has 0 amide bonds. The fraction of sp³-hybridized carbons (Fsp3) is 0.294. The summed E-state index contributed by atoms with van der Waals surface area (Å²) in [5.41, 5.74) is 1.70. The van der Waals surface area contributed by atoms with E-state index in [1.165, 1.54) is 4.90 Å². The third-order valence-electron chi connectivity index (χ3n) is 3.39. The number of rotatable bonds is 4. The summed E-state index contributed by atoms with van der Waals surface area (Å²) < 4.78 is 11.1. The van der Waals surface area contributed by atoms with Crippen LogP contribution in [-0.2, 0) is 0 Å². The first-order valence-corrected chi connectivity index (χ1v) is 8.07. The van der Waals surface area contributed by atoms with Gasteiger partial charge in [-0.1, -0.05) is 25.1 Å². The molecular formula is C17H18O3S. The molecule has 0 aromatic heterocycles. The first-order valence-electron chi connectivity index (χ1n) is 7.08. The van der Waals surface area contributed by atoms with Crippen LogP contribution in [0.25, 0.3) is 0 Å². The Morgan fingerprint density at radius 3 is 2.38 bits per heavy atom. The van der Waals surface area contributed by atoms with Gasteiger partial charge in [0.05, 0.1) is 0 Å². The number of hydrogen-bond donors (Lipinski definition) is 1. The summed E-state index contributed by atoms with van der Waals surface area (Å²) in [6, 6.07) is 13.6. The monoisotopic (exact) mass is 302 g/mol. The molecule has 4 heteroatoms. The molecule has 110 valence electrons. The normalized spacial score (nSPS) is 14.8. The topological polar surface area (TPSA) is 38.7 Å². The zero-order valence-electron chi connectivity index (χ0n) is 11.9. The minimum absolute atomic E-state index is 0.551. The van der Waals surface area contributed by atoms with Crippen molar-refractivity contribution in [3.63, 3.8) is 0 Å². The molecule has 3 rings (SSSR count). The van der Waals surface area contributed by atoms with Crippen molar-refractivity contribution in [2.75, 3.05) is 19.0 Å². The number of aliphatic hydroxyl groups is 1. The van der Waals surface area contributed by atoms with Gasteiger partial charge in [-0.3, -0.25) is 0 Å². The molecule has 0 radical (unpaired) electrons. The fourth-order valence-corrected chi connectivity index (χ4v) is 3.00. The lowest BCUT2D eigenvalue weighted by Gasteiger charge is -2.20. The van der Waals surface area contributed by atoms with Gasteiger partial charge >= 0.3 is 0 Å². The molecule has 0 aliphatic carbocycles. The van der Waals surface area contributed by atoms with Crippen LogP contribution in [-0.4, -0.2) is 24.1 Å². The SMILES string of the molecule is CCSc1ccc(C(O)c2ccc3c(c2)OCCO3)cc1. The maximum absolute atomic E-state index is 10.5. The van der Waals surface area contributed by atoms with Gasteiger partial charge in [-0.2, -0.15) is 0 Å². The highest BCUT2D eigenvalue weighted by Crippen LogP contribution is 2.34. The molecule has 21 heavy (non-hydrogen) atoms. The molecule has 1 aliphatic rings. The Labute approximate surface area is 128 Å². The van der Waals surface area contributed by atoms with Gasteiger partial charge in [0.2, 0.25) is 0 Å². The predicted octanol–water partition coefficient (Wildman–Crippen LogP) is 3.65. The summed E-state index contributed by atoms with van der Waals surface area (Å²) in [7, 11) is 0. The minimum Gasteiger partial charge on any atom is -0.486 e. The summed E-state index contributed by atoms with van der Waals surface area (Å²) in [4.78, 5) is 1.22. The van der Waals surface area contributed by atoms with Gasteiger partial charge in [0.25, 0.3) is 0 Å². The Kier molecular flexibility index (Phi) is 4.36. The van der Waals surface area contributed by atoms with Crippen molar-refractivity contribution in [1.29, 1.82) is 0 Å². The lowest BCUT2D eigenvalue weighted by Crippen LogP contribution is -2.15. The second kappa shape index (κ2) is 6.41. The molecule has 1 N–H and O–H groups in total. The van der Waals surface area contributed by atoms with E-state index in [-0.39, 0.29) is 0 Å². The molecule has 0 spiro atoms. The average molecular weight is 302 g/mol. The minimum atomic E-state index is -0.651. The molecule has 0 saturated carbocycles. The van der Waals surface area contributed by atoms with Gasteiger partial charge in [0.15, 0.2) is 11.5 Å². The van der Waals surface area contributed by atoms with Gasteiger partial charge in [0, 0.05) is 4.90 Å². The van der Waals surface area contributed by atoms with Crippen LogP contribution < -0.4 is 9.47 Å². The molecule has 1 heterocycles. The van der Waals surface area contributed by atoms with Crippen LogP contribution >= 0.6 is 11.8 Å². The molecule has 3 nitrogen and oxygen atoms in total. The number of ether oxygens (including phenoxy) is 2. The van der Waals surface area contributed by atoms with Crippen LogP contribution in [0.1, 0.15) is 24.2 Å². The molecule has 2 aromatic rings. The van der Waals surface area contributed by atoms with E-state index in [1.807, 2.05) is 42.5 Å². The van der Waals surface area contributed by atoms with Crippen LogP contribution in [0.5, 0.6) is 11.5 Å². The number of aliphatic hydroxyl groups excluding tert-OH is 1. The van der Waals surface area contributed by atoms with E-state index < -0.39 is 6.10 Å². The van der Waals surface area contributed by atoms with Crippen molar-refractivity contribution in [2.24, 2.45) is 0 Å². The number of hydrogen-bond acceptors (Lipinski definition) is 4. The van der Waals surface area contributed by atoms with E-state index in [2.05, 4.69) is 6.92 Å². The van der Waals surface area contributed by atoms with Gasteiger partial charge < -0.3 is 14.6 Å². The molecule has 0 saturated heterocycles. The molecule has 0 bridgehead atoms. The summed E-state index contributed by atoms with van der Waals surface area (Å²) in [6.07, 6.45) is -0.651. The Balaban J connectivity index is 1.82. The number of thioether (sulfide) groups is 1. The average Bonchev–Trinajstić information content (AvgIpc) is 2.55. The van der Waals surface area contributed by atoms with Crippen molar-refractivity contribution >= 4 is 11.8 Å². The van der Waals surface area contributed by atoms with Crippen LogP contribution in [0, 0.1) is 0 Å². The Hall–Kier alpha value is -1.65.